The Labute approximate surface area is 161 Å². The minimum atomic E-state index is -0.389. The SMILES string of the molecule is CCC(Sc1nc2c(c(=O)[nH]1)CCC2)C(=O)Nc1ccc(OC)cc1OC. The van der Waals surface area contributed by atoms with Crippen LogP contribution in [0.2, 0.25) is 0 Å². The van der Waals surface area contributed by atoms with E-state index in [-0.39, 0.29) is 16.7 Å². The number of methoxy groups -OCH3 is 2. The van der Waals surface area contributed by atoms with Gasteiger partial charge >= 0.3 is 0 Å². The van der Waals surface area contributed by atoms with Crippen molar-refractivity contribution in [3.05, 3.63) is 39.8 Å². The number of aromatic nitrogens is 2. The molecule has 1 unspecified atom stereocenters. The number of anilines is 1. The van der Waals surface area contributed by atoms with E-state index in [1.807, 2.05) is 6.92 Å². The summed E-state index contributed by atoms with van der Waals surface area (Å²) in [4.78, 5) is 32.3. The van der Waals surface area contributed by atoms with Crippen molar-refractivity contribution in [3.63, 3.8) is 0 Å². The lowest BCUT2D eigenvalue weighted by Gasteiger charge is -2.16. The van der Waals surface area contributed by atoms with Gasteiger partial charge in [0.05, 0.1) is 30.9 Å². The van der Waals surface area contributed by atoms with Crippen molar-refractivity contribution in [1.29, 1.82) is 0 Å². The number of ether oxygens (including phenoxy) is 2. The Morgan fingerprint density at radius 3 is 2.85 bits per heavy atom. The van der Waals surface area contributed by atoms with E-state index < -0.39 is 0 Å². The van der Waals surface area contributed by atoms with E-state index in [0.717, 1.165) is 30.5 Å². The van der Waals surface area contributed by atoms with Crippen LogP contribution in [0, 0.1) is 0 Å². The zero-order valence-corrected chi connectivity index (χ0v) is 16.4. The summed E-state index contributed by atoms with van der Waals surface area (Å²) in [6, 6.07) is 5.21. The van der Waals surface area contributed by atoms with Crippen molar-refractivity contribution >= 4 is 23.4 Å². The van der Waals surface area contributed by atoms with Crippen molar-refractivity contribution in [2.75, 3.05) is 19.5 Å². The van der Waals surface area contributed by atoms with Crippen LogP contribution in [0.3, 0.4) is 0 Å². The molecule has 0 saturated heterocycles. The van der Waals surface area contributed by atoms with E-state index in [2.05, 4.69) is 15.3 Å². The molecule has 0 fully saturated rings. The molecular weight excluding hydrogens is 366 g/mol. The zero-order chi connectivity index (χ0) is 19.4. The van der Waals surface area contributed by atoms with Crippen LogP contribution in [0.1, 0.15) is 31.0 Å². The molecule has 1 atom stereocenters. The molecule has 1 aromatic heterocycles. The molecule has 0 spiro atoms. The number of aromatic amines is 1. The van der Waals surface area contributed by atoms with Crippen LogP contribution in [-0.2, 0) is 17.6 Å². The van der Waals surface area contributed by atoms with Gasteiger partial charge in [-0.05, 0) is 37.8 Å². The maximum absolute atomic E-state index is 12.8. The lowest BCUT2D eigenvalue weighted by atomic mass is 10.2. The molecule has 1 aromatic carbocycles. The Hall–Kier alpha value is -2.48. The third-order valence-electron chi connectivity index (χ3n) is 4.50. The summed E-state index contributed by atoms with van der Waals surface area (Å²) >= 11 is 1.27. The number of nitrogens with zero attached hydrogens (tertiary/aromatic N) is 1. The Balaban J connectivity index is 1.75. The summed E-state index contributed by atoms with van der Waals surface area (Å²) in [6.45, 7) is 1.92. The maximum atomic E-state index is 12.8. The van der Waals surface area contributed by atoms with Crippen LogP contribution >= 0.6 is 11.8 Å². The van der Waals surface area contributed by atoms with Crippen LogP contribution in [0.15, 0.2) is 28.2 Å². The highest BCUT2D eigenvalue weighted by atomic mass is 32.2. The molecule has 3 rings (SSSR count). The van der Waals surface area contributed by atoms with Crippen molar-refractivity contribution in [2.45, 2.75) is 43.0 Å². The van der Waals surface area contributed by atoms with E-state index in [4.69, 9.17) is 9.47 Å². The fourth-order valence-electron chi connectivity index (χ4n) is 3.05. The van der Waals surface area contributed by atoms with Crippen LogP contribution in [-0.4, -0.2) is 35.3 Å². The second-order valence-corrected chi connectivity index (χ2v) is 7.41. The number of H-pyrrole nitrogens is 1. The van der Waals surface area contributed by atoms with Crippen LogP contribution in [0.25, 0.3) is 0 Å². The number of benzene rings is 1. The summed E-state index contributed by atoms with van der Waals surface area (Å²) in [7, 11) is 3.11. The Bertz CT molecular complexity index is 897. The number of thioether (sulfide) groups is 1. The Kier molecular flexibility index (Phi) is 6.05. The number of amides is 1. The predicted octanol–water partition coefficient (Wildman–Crippen LogP) is 2.79. The van der Waals surface area contributed by atoms with Gasteiger partial charge in [0.15, 0.2) is 5.16 Å². The Morgan fingerprint density at radius 1 is 1.33 bits per heavy atom. The summed E-state index contributed by atoms with van der Waals surface area (Å²) < 4.78 is 10.5. The lowest BCUT2D eigenvalue weighted by Crippen LogP contribution is -2.26. The largest absolute Gasteiger partial charge is 0.497 e. The average Bonchev–Trinajstić information content (AvgIpc) is 3.15. The van der Waals surface area contributed by atoms with E-state index in [1.54, 1.807) is 25.3 Å². The van der Waals surface area contributed by atoms with Gasteiger partial charge in [0.1, 0.15) is 11.5 Å². The van der Waals surface area contributed by atoms with Gasteiger partial charge in [0.25, 0.3) is 5.56 Å². The molecule has 144 valence electrons. The normalized spacial score (nSPS) is 13.7. The number of hydrogen-bond donors (Lipinski definition) is 2. The van der Waals surface area contributed by atoms with Gasteiger partial charge < -0.3 is 19.8 Å². The van der Waals surface area contributed by atoms with Gasteiger partial charge in [-0.1, -0.05) is 18.7 Å². The second-order valence-electron chi connectivity index (χ2n) is 6.22. The summed E-state index contributed by atoms with van der Waals surface area (Å²) in [6.07, 6.45) is 3.14. The average molecular weight is 389 g/mol. The quantitative estimate of drug-likeness (QED) is 0.559. The standard InChI is InChI=1S/C19H23N3O4S/c1-4-16(27-19-21-13-7-5-6-12(13)17(23)22-19)18(24)20-14-9-8-11(25-2)10-15(14)26-3/h8-10,16H,4-7H2,1-3H3,(H,20,24)(H,21,22,23). The first-order chi connectivity index (χ1) is 13.0. The zero-order valence-electron chi connectivity index (χ0n) is 15.6. The Morgan fingerprint density at radius 2 is 2.15 bits per heavy atom. The second kappa shape index (κ2) is 8.47. The predicted molar refractivity (Wildman–Crippen MR) is 105 cm³/mol. The first-order valence-electron chi connectivity index (χ1n) is 8.87. The van der Waals surface area contributed by atoms with Crippen molar-refractivity contribution in [1.82, 2.24) is 9.97 Å². The molecule has 2 aromatic rings. The lowest BCUT2D eigenvalue weighted by molar-refractivity contribution is -0.115. The smallest absolute Gasteiger partial charge is 0.254 e. The van der Waals surface area contributed by atoms with Gasteiger partial charge in [0, 0.05) is 11.6 Å². The monoisotopic (exact) mass is 389 g/mol. The first-order valence-corrected chi connectivity index (χ1v) is 9.75. The summed E-state index contributed by atoms with van der Waals surface area (Å²) in [5.41, 5.74) is 2.11. The van der Waals surface area contributed by atoms with Crippen LogP contribution in [0.5, 0.6) is 11.5 Å². The fourth-order valence-corrected chi connectivity index (χ4v) is 3.96. The van der Waals surface area contributed by atoms with Gasteiger partial charge in [0.2, 0.25) is 5.91 Å². The minimum absolute atomic E-state index is 0.0907. The molecule has 1 aliphatic rings. The number of hydrogen-bond acceptors (Lipinski definition) is 6. The molecule has 7 nitrogen and oxygen atoms in total. The van der Waals surface area contributed by atoms with Crippen LogP contribution in [0.4, 0.5) is 5.69 Å². The molecule has 0 aliphatic heterocycles. The van der Waals surface area contributed by atoms with E-state index in [9.17, 15) is 9.59 Å². The maximum Gasteiger partial charge on any atom is 0.254 e. The number of fused-ring (bicyclic) bond motifs is 1. The van der Waals surface area contributed by atoms with Gasteiger partial charge in [-0.2, -0.15) is 0 Å². The molecule has 27 heavy (non-hydrogen) atoms. The van der Waals surface area contributed by atoms with Crippen molar-refractivity contribution in [2.24, 2.45) is 0 Å². The molecule has 1 aliphatic carbocycles. The molecule has 1 amide bonds. The van der Waals surface area contributed by atoms with Gasteiger partial charge in [-0.3, -0.25) is 9.59 Å². The van der Waals surface area contributed by atoms with Gasteiger partial charge in [-0.15, -0.1) is 0 Å². The number of carbonyl (C=O) groups is 1. The third-order valence-corrected chi connectivity index (χ3v) is 5.75. The molecule has 0 bridgehead atoms. The number of carbonyl (C=O) groups excluding carboxylic acids is 1. The fraction of sp³-hybridized carbons (Fsp3) is 0.421. The molecular formula is C19H23N3O4S. The van der Waals surface area contributed by atoms with E-state index >= 15 is 0 Å². The highest BCUT2D eigenvalue weighted by Crippen LogP contribution is 2.31. The highest BCUT2D eigenvalue weighted by Gasteiger charge is 2.23. The van der Waals surface area contributed by atoms with Crippen LogP contribution < -0.4 is 20.3 Å². The van der Waals surface area contributed by atoms with E-state index in [1.165, 1.54) is 18.9 Å². The first kappa shape index (κ1) is 19.3. The summed E-state index contributed by atoms with van der Waals surface area (Å²) in [5, 5.41) is 2.99. The number of rotatable bonds is 7. The molecule has 0 saturated carbocycles. The number of nitrogens with one attached hydrogen (secondary N) is 2. The molecule has 0 radical (unpaired) electrons. The molecule has 2 N–H and O–H groups in total. The topological polar surface area (TPSA) is 93.3 Å². The van der Waals surface area contributed by atoms with Crippen molar-refractivity contribution < 1.29 is 14.3 Å². The molecule has 8 heteroatoms. The molecule has 1 heterocycles. The van der Waals surface area contributed by atoms with Gasteiger partial charge in [-0.25, -0.2) is 4.98 Å². The summed E-state index contributed by atoms with van der Waals surface area (Å²) in [5.74, 6) is 0.993. The van der Waals surface area contributed by atoms with Crippen molar-refractivity contribution in [3.8, 4) is 11.5 Å². The minimum Gasteiger partial charge on any atom is -0.497 e. The third kappa shape index (κ3) is 4.27. The van der Waals surface area contributed by atoms with E-state index in [0.29, 0.717) is 28.8 Å². The highest BCUT2D eigenvalue weighted by molar-refractivity contribution is 8.00. The number of aryl methyl sites for hydroxylation is 1.